The van der Waals surface area contributed by atoms with Gasteiger partial charge in [-0.05, 0) is 39.8 Å². The molecule has 0 aliphatic carbocycles. The first-order valence-corrected chi connectivity index (χ1v) is 10.1. The number of aromatic nitrogens is 2. The highest BCUT2D eigenvalue weighted by Gasteiger charge is 2.47. The molecule has 2 aromatic carbocycles. The molecule has 0 bridgehead atoms. The molecule has 0 atom stereocenters. The summed E-state index contributed by atoms with van der Waals surface area (Å²) in [6.45, 7) is 8.59. The number of aromatic amines is 1. The summed E-state index contributed by atoms with van der Waals surface area (Å²) in [5.41, 5.74) is 8.42. The minimum absolute atomic E-state index is 0.0983. The van der Waals surface area contributed by atoms with E-state index < -0.39 is 5.54 Å². The van der Waals surface area contributed by atoms with E-state index in [1.807, 2.05) is 75.1 Å². The number of benzene rings is 2. The third kappa shape index (κ3) is 3.16. The van der Waals surface area contributed by atoms with Crippen LogP contribution >= 0.6 is 0 Å². The summed E-state index contributed by atoms with van der Waals surface area (Å²) < 4.78 is 11.4. The summed E-state index contributed by atoms with van der Waals surface area (Å²) in [6.07, 6.45) is 0. The molecule has 0 saturated carbocycles. The number of ketones is 1. The van der Waals surface area contributed by atoms with E-state index in [1.54, 1.807) is 0 Å². The molecule has 3 aromatic rings. The quantitative estimate of drug-likeness (QED) is 0.646. The maximum Gasteiger partial charge on any atom is 0.195 e. The fourth-order valence-corrected chi connectivity index (χ4v) is 3.88. The zero-order valence-electron chi connectivity index (χ0n) is 17.7. The van der Waals surface area contributed by atoms with E-state index in [0.29, 0.717) is 41.9 Å². The number of nitrogens with two attached hydrogens (primary N) is 1. The van der Waals surface area contributed by atoms with Gasteiger partial charge < -0.3 is 25.1 Å². The topological polar surface area (TPSA) is 93.5 Å². The molecular formula is C23H26N4O3. The van der Waals surface area contributed by atoms with Crippen molar-refractivity contribution in [3.8, 4) is 11.5 Å². The average Bonchev–Trinajstić information content (AvgIpc) is 3.18. The Balaban J connectivity index is 1.86. The van der Waals surface area contributed by atoms with Gasteiger partial charge in [-0.25, -0.2) is 4.98 Å². The van der Waals surface area contributed by atoms with Gasteiger partial charge in [-0.3, -0.25) is 4.79 Å². The van der Waals surface area contributed by atoms with Crippen LogP contribution in [0.4, 0.5) is 5.69 Å². The van der Waals surface area contributed by atoms with E-state index in [1.165, 1.54) is 0 Å². The average molecular weight is 406 g/mol. The second-order valence-corrected chi connectivity index (χ2v) is 7.61. The summed E-state index contributed by atoms with van der Waals surface area (Å²) >= 11 is 0. The minimum atomic E-state index is -0.896. The van der Waals surface area contributed by atoms with E-state index in [2.05, 4.69) is 9.97 Å². The van der Waals surface area contributed by atoms with Crippen molar-refractivity contribution in [1.82, 2.24) is 9.97 Å². The number of rotatable bonds is 6. The van der Waals surface area contributed by atoms with Crippen molar-refractivity contribution < 1.29 is 14.3 Å². The molecule has 2 heterocycles. The van der Waals surface area contributed by atoms with Crippen LogP contribution in [-0.2, 0) is 4.79 Å². The third-order valence-electron chi connectivity index (χ3n) is 5.21. The molecule has 30 heavy (non-hydrogen) atoms. The number of carbonyl (C=O) groups is 1. The number of ether oxygens (including phenoxy) is 2. The van der Waals surface area contributed by atoms with E-state index in [9.17, 15) is 4.79 Å². The van der Waals surface area contributed by atoms with Crippen molar-refractivity contribution >= 4 is 28.1 Å². The normalized spacial score (nSPS) is 15.9. The predicted molar refractivity (Wildman–Crippen MR) is 118 cm³/mol. The van der Waals surface area contributed by atoms with Crippen LogP contribution in [0.15, 0.2) is 48.3 Å². The number of Topliss-reactive ketones (excluding diaryl/α,β-unsaturated/α-hetero) is 1. The Morgan fingerprint density at radius 3 is 2.30 bits per heavy atom. The largest absolute Gasteiger partial charge is 0.494 e. The molecule has 1 aliphatic rings. The summed E-state index contributed by atoms with van der Waals surface area (Å²) in [7, 11) is 0. The summed E-state index contributed by atoms with van der Waals surface area (Å²) in [5.74, 6) is 2.04. The van der Waals surface area contributed by atoms with Crippen LogP contribution < -0.4 is 20.1 Å². The highest BCUT2D eigenvalue weighted by molar-refractivity contribution is 6.29. The van der Waals surface area contributed by atoms with Gasteiger partial charge in [-0.15, -0.1) is 0 Å². The van der Waals surface area contributed by atoms with Crippen LogP contribution in [0.1, 0.15) is 33.5 Å². The monoisotopic (exact) mass is 406 g/mol. The lowest BCUT2D eigenvalue weighted by molar-refractivity contribution is -0.116. The number of nitrogens with one attached hydrogen (secondary N) is 1. The van der Waals surface area contributed by atoms with Crippen LogP contribution in [0, 0.1) is 0 Å². The van der Waals surface area contributed by atoms with E-state index >= 15 is 0 Å². The maximum atomic E-state index is 13.4. The van der Waals surface area contributed by atoms with Crippen LogP contribution in [-0.4, -0.2) is 34.5 Å². The molecular weight excluding hydrogens is 380 g/mol. The van der Waals surface area contributed by atoms with Crippen LogP contribution in [0.25, 0.3) is 16.6 Å². The molecule has 0 saturated heterocycles. The molecule has 7 heteroatoms. The molecule has 1 aromatic heterocycles. The zero-order chi connectivity index (χ0) is 21.5. The van der Waals surface area contributed by atoms with Gasteiger partial charge in [-0.1, -0.05) is 12.1 Å². The Morgan fingerprint density at radius 1 is 1.07 bits per heavy atom. The Hall–Kier alpha value is -3.48. The lowest BCUT2D eigenvalue weighted by Gasteiger charge is -2.33. The van der Waals surface area contributed by atoms with Gasteiger partial charge in [0.2, 0.25) is 0 Å². The zero-order valence-corrected chi connectivity index (χ0v) is 17.7. The second kappa shape index (κ2) is 7.40. The predicted octanol–water partition coefficient (Wildman–Crippen LogP) is 3.86. The van der Waals surface area contributed by atoms with Gasteiger partial charge in [0.1, 0.15) is 34.3 Å². The first kappa shape index (κ1) is 19.8. The summed E-state index contributed by atoms with van der Waals surface area (Å²) in [5, 5.41) is 0. The number of hydrogen-bond acceptors (Lipinski definition) is 6. The van der Waals surface area contributed by atoms with Crippen LogP contribution in [0.5, 0.6) is 11.5 Å². The van der Waals surface area contributed by atoms with E-state index in [0.717, 1.165) is 16.7 Å². The highest BCUT2D eigenvalue weighted by Crippen LogP contribution is 2.42. The standard InChI is InChI=1S/C23H26N4O3/c1-5-29-15-11-14(12-16(13-15)30-6-2)27-21(24)19(20(28)23(27,3)4)22-25-17-9-7-8-10-18(17)26-22/h7-13H,5-6,24H2,1-4H3,(H,25,26). The van der Waals surface area contributed by atoms with Gasteiger partial charge in [0, 0.05) is 18.2 Å². The Bertz CT molecular complexity index is 1090. The summed E-state index contributed by atoms with van der Waals surface area (Å²) in [4.78, 5) is 23.1. The molecule has 0 unspecified atom stereocenters. The Kier molecular flexibility index (Phi) is 4.89. The second-order valence-electron chi connectivity index (χ2n) is 7.61. The van der Waals surface area contributed by atoms with Gasteiger partial charge in [0.25, 0.3) is 0 Å². The SMILES string of the molecule is CCOc1cc(OCC)cc(N2C(N)=C(c3nc4ccccc4[nH]3)C(=O)C2(C)C)c1. The van der Waals surface area contributed by atoms with Crippen molar-refractivity contribution in [2.75, 3.05) is 18.1 Å². The van der Waals surface area contributed by atoms with Gasteiger partial charge in [0.15, 0.2) is 5.78 Å². The van der Waals surface area contributed by atoms with Gasteiger partial charge >= 0.3 is 0 Å². The molecule has 0 spiro atoms. The lowest BCUT2D eigenvalue weighted by Crippen LogP contribution is -2.45. The number of fused-ring (bicyclic) bond motifs is 1. The molecule has 4 rings (SSSR count). The van der Waals surface area contributed by atoms with Gasteiger partial charge in [0.05, 0.1) is 29.9 Å². The first-order valence-electron chi connectivity index (χ1n) is 10.1. The number of carbonyl (C=O) groups excluding carboxylic acids is 1. The molecule has 156 valence electrons. The fraction of sp³-hybridized carbons (Fsp3) is 0.304. The lowest BCUT2D eigenvalue weighted by atomic mass is 9.95. The third-order valence-corrected chi connectivity index (χ3v) is 5.21. The van der Waals surface area contributed by atoms with Crippen LogP contribution in [0.2, 0.25) is 0 Å². The highest BCUT2D eigenvalue weighted by atomic mass is 16.5. The molecule has 0 radical (unpaired) electrons. The fourth-order valence-electron chi connectivity index (χ4n) is 3.88. The number of hydrogen-bond donors (Lipinski definition) is 2. The first-order chi connectivity index (χ1) is 14.4. The maximum absolute atomic E-state index is 13.4. The van der Waals surface area contributed by atoms with Crippen molar-refractivity contribution in [2.24, 2.45) is 5.73 Å². The van der Waals surface area contributed by atoms with Crippen molar-refractivity contribution in [1.29, 1.82) is 0 Å². The molecule has 7 nitrogen and oxygen atoms in total. The summed E-state index contributed by atoms with van der Waals surface area (Å²) in [6, 6.07) is 13.2. The van der Waals surface area contributed by atoms with Crippen molar-refractivity contribution in [3.63, 3.8) is 0 Å². The number of anilines is 1. The number of para-hydroxylation sites is 2. The Morgan fingerprint density at radius 2 is 1.70 bits per heavy atom. The smallest absolute Gasteiger partial charge is 0.195 e. The van der Waals surface area contributed by atoms with Crippen LogP contribution in [0.3, 0.4) is 0 Å². The Labute approximate surface area is 175 Å². The molecule has 0 fully saturated rings. The molecule has 0 amide bonds. The van der Waals surface area contributed by atoms with Gasteiger partial charge in [-0.2, -0.15) is 0 Å². The molecule has 1 aliphatic heterocycles. The minimum Gasteiger partial charge on any atom is -0.494 e. The van der Waals surface area contributed by atoms with E-state index in [-0.39, 0.29) is 5.78 Å². The van der Waals surface area contributed by atoms with E-state index in [4.69, 9.17) is 15.2 Å². The number of nitrogens with zero attached hydrogens (tertiary/aromatic N) is 2. The van der Waals surface area contributed by atoms with Crippen molar-refractivity contribution in [2.45, 2.75) is 33.2 Å². The molecule has 3 N–H and O–H groups in total. The number of H-pyrrole nitrogens is 1. The van der Waals surface area contributed by atoms with Crippen molar-refractivity contribution in [3.05, 3.63) is 54.1 Å². The number of imidazole rings is 1.